The minimum atomic E-state index is -0.155. The standard InChI is InChI=1S/C17H22N4O2/c1-12-2-3-14(18)13-4-5-19-16(15(12)13)17(22)20-6-7-21-8-10-23-11-9-21/h2-5H,6-11,18H2,1H3,(H,20,22). The van der Waals surface area contributed by atoms with Crippen molar-refractivity contribution in [2.45, 2.75) is 6.92 Å². The summed E-state index contributed by atoms with van der Waals surface area (Å²) in [4.78, 5) is 19.1. The summed E-state index contributed by atoms with van der Waals surface area (Å²) in [6.45, 7) is 6.73. The fraction of sp³-hybridized carbons (Fsp3) is 0.412. The van der Waals surface area contributed by atoms with Crippen molar-refractivity contribution in [3.63, 3.8) is 0 Å². The van der Waals surface area contributed by atoms with Gasteiger partial charge in [-0.15, -0.1) is 0 Å². The summed E-state index contributed by atoms with van der Waals surface area (Å²) >= 11 is 0. The summed E-state index contributed by atoms with van der Waals surface area (Å²) in [5.74, 6) is -0.155. The first-order chi connectivity index (χ1) is 11.2. The minimum absolute atomic E-state index is 0.155. The highest BCUT2D eigenvalue weighted by molar-refractivity contribution is 6.09. The molecule has 1 aliphatic rings. The van der Waals surface area contributed by atoms with Gasteiger partial charge in [-0.25, -0.2) is 0 Å². The maximum absolute atomic E-state index is 12.5. The number of amides is 1. The number of rotatable bonds is 4. The summed E-state index contributed by atoms with van der Waals surface area (Å²) < 4.78 is 5.32. The number of aromatic nitrogens is 1. The van der Waals surface area contributed by atoms with Crippen LogP contribution in [0, 0.1) is 6.92 Å². The molecule has 2 heterocycles. The van der Waals surface area contributed by atoms with E-state index in [1.54, 1.807) is 6.20 Å². The van der Waals surface area contributed by atoms with Gasteiger partial charge in [-0.2, -0.15) is 0 Å². The second-order valence-electron chi connectivity index (χ2n) is 5.76. The zero-order valence-corrected chi connectivity index (χ0v) is 13.3. The Bertz CT molecular complexity index is 711. The van der Waals surface area contributed by atoms with E-state index in [4.69, 9.17) is 10.5 Å². The van der Waals surface area contributed by atoms with E-state index < -0.39 is 0 Å². The van der Waals surface area contributed by atoms with E-state index in [-0.39, 0.29) is 5.91 Å². The Balaban J connectivity index is 1.72. The molecule has 0 atom stereocenters. The van der Waals surface area contributed by atoms with Gasteiger partial charge in [0.2, 0.25) is 0 Å². The molecule has 122 valence electrons. The number of hydrogen-bond acceptors (Lipinski definition) is 5. The molecule has 0 aliphatic carbocycles. The number of nitrogen functional groups attached to an aromatic ring is 1. The van der Waals surface area contributed by atoms with Crippen molar-refractivity contribution in [3.05, 3.63) is 35.7 Å². The lowest BCUT2D eigenvalue weighted by Gasteiger charge is -2.26. The second-order valence-corrected chi connectivity index (χ2v) is 5.76. The van der Waals surface area contributed by atoms with Crippen LogP contribution in [0.5, 0.6) is 0 Å². The molecule has 1 aromatic carbocycles. The van der Waals surface area contributed by atoms with Crippen molar-refractivity contribution in [2.75, 3.05) is 45.1 Å². The van der Waals surface area contributed by atoms with Crippen molar-refractivity contribution in [1.29, 1.82) is 0 Å². The number of carbonyl (C=O) groups is 1. The molecule has 1 amide bonds. The third kappa shape index (κ3) is 3.43. The van der Waals surface area contributed by atoms with Gasteiger partial charge >= 0.3 is 0 Å². The number of anilines is 1. The van der Waals surface area contributed by atoms with Gasteiger partial charge in [-0.05, 0) is 24.6 Å². The van der Waals surface area contributed by atoms with Crippen molar-refractivity contribution >= 4 is 22.4 Å². The zero-order valence-electron chi connectivity index (χ0n) is 13.3. The molecule has 1 aliphatic heterocycles. The van der Waals surface area contributed by atoms with Crippen LogP contribution in [0.25, 0.3) is 10.8 Å². The predicted octanol–water partition coefficient (Wildman–Crippen LogP) is 1.19. The van der Waals surface area contributed by atoms with Crippen molar-refractivity contribution in [3.8, 4) is 0 Å². The Labute approximate surface area is 135 Å². The highest BCUT2D eigenvalue weighted by Gasteiger charge is 2.15. The molecule has 0 spiro atoms. The number of fused-ring (bicyclic) bond motifs is 1. The average Bonchev–Trinajstić information content (AvgIpc) is 2.58. The summed E-state index contributed by atoms with van der Waals surface area (Å²) in [6.07, 6.45) is 1.63. The Morgan fingerprint density at radius 1 is 1.35 bits per heavy atom. The van der Waals surface area contributed by atoms with Crippen LogP contribution in [0.15, 0.2) is 24.4 Å². The topological polar surface area (TPSA) is 80.5 Å². The van der Waals surface area contributed by atoms with Crippen molar-refractivity contribution in [2.24, 2.45) is 0 Å². The van der Waals surface area contributed by atoms with Gasteiger partial charge in [-0.1, -0.05) is 6.07 Å². The van der Waals surface area contributed by atoms with E-state index in [0.29, 0.717) is 17.9 Å². The Kier molecular flexibility index (Phi) is 4.73. The van der Waals surface area contributed by atoms with Gasteiger partial charge < -0.3 is 15.8 Å². The lowest BCUT2D eigenvalue weighted by Crippen LogP contribution is -2.41. The molecule has 3 rings (SSSR count). The maximum atomic E-state index is 12.5. The van der Waals surface area contributed by atoms with Crippen LogP contribution < -0.4 is 11.1 Å². The molecule has 1 fully saturated rings. The highest BCUT2D eigenvalue weighted by Crippen LogP contribution is 2.26. The molecule has 6 heteroatoms. The van der Waals surface area contributed by atoms with Crippen molar-refractivity contribution in [1.82, 2.24) is 15.2 Å². The molecule has 1 saturated heterocycles. The van der Waals surface area contributed by atoms with Crippen LogP contribution in [0.2, 0.25) is 0 Å². The monoisotopic (exact) mass is 314 g/mol. The van der Waals surface area contributed by atoms with E-state index in [1.165, 1.54) is 0 Å². The van der Waals surface area contributed by atoms with E-state index in [2.05, 4.69) is 15.2 Å². The van der Waals surface area contributed by atoms with Crippen LogP contribution in [-0.2, 0) is 4.74 Å². The number of morpholine rings is 1. The first kappa shape index (κ1) is 15.7. The van der Waals surface area contributed by atoms with Gasteiger partial charge in [0.25, 0.3) is 5.91 Å². The first-order valence-electron chi connectivity index (χ1n) is 7.89. The molecule has 0 radical (unpaired) electrons. The zero-order chi connectivity index (χ0) is 16.2. The molecule has 6 nitrogen and oxygen atoms in total. The molecule has 2 aromatic rings. The first-order valence-corrected chi connectivity index (χ1v) is 7.89. The van der Waals surface area contributed by atoms with Gasteiger partial charge in [0, 0.05) is 48.8 Å². The summed E-state index contributed by atoms with van der Waals surface area (Å²) in [6, 6.07) is 5.63. The van der Waals surface area contributed by atoms with Gasteiger partial charge in [0.05, 0.1) is 13.2 Å². The molecule has 0 saturated carbocycles. The molecular weight excluding hydrogens is 292 g/mol. The quantitative estimate of drug-likeness (QED) is 0.829. The number of aryl methyl sites for hydroxylation is 1. The summed E-state index contributed by atoms with van der Waals surface area (Å²) in [5, 5.41) is 4.66. The van der Waals surface area contributed by atoms with Gasteiger partial charge in [0.15, 0.2) is 0 Å². The fourth-order valence-corrected chi connectivity index (χ4v) is 2.90. The molecule has 3 N–H and O–H groups in total. The van der Waals surface area contributed by atoms with E-state index in [0.717, 1.165) is 49.2 Å². The lowest BCUT2D eigenvalue weighted by molar-refractivity contribution is 0.0383. The highest BCUT2D eigenvalue weighted by atomic mass is 16.5. The predicted molar refractivity (Wildman–Crippen MR) is 90.5 cm³/mol. The molecular formula is C17H22N4O2. The second kappa shape index (κ2) is 6.93. The third-order valence-corrected chi connectivity index (χ3v) is 4.20. The molecule has 0 unspecified atom stereocenters. The number of nitrogens with zero attached hydrogens (tertiary/aromatic N) is 2. The Morgan fingerprint density at radius 2 is 2.13 bits per heavy atom. The average molecular weight is 314 g/mol. The molecule has 0 bridgehead atoms. The summed E-state index contributed by atoms with van der Waals surface area (Å²) in [5.41, 5.74) is 8.12. The number of pyridine rings is 1. The number of benzene rings is 1. The number of hydrogen-bond donors (Lipinski definition) is 2. The van der Waals surface area contributed by atoms with Gasteiger partial charge in [0.1, 0.15) is 5.69 Å². The largest absolute Gasteiger partial charge is 0.398 e. The molecule has 1 aromatic heterocycles. The van der Waals surface area contributed by atoms with Gasteiger partial charge in [-0.3, -0.25) is 14.7 Å². The number of carbonyl (C=O) groups excluding carboxylic acids is 1. The SMILES string of the molecule is Cc1ccc(N)c2ccnc(C(=O)NCCN3CCOCC3)c12. The van der Waals surface area contributed by atoms with Crippen LogP contribution in [0.3, 0.4) is 0 Å². The van der Waals surface area contributed by atoms with Crippen molar-refractivity contribution < 1.29 is 9.53 Å². The number of nitrogens with two attached hydrogens (primary N) is 1. The van der Waals surface area contributed by atoms with E-state index >= 15 is 0 Å². The molecule has 23 heavy (non-hydrogen) atoms. The Morgan fingerprint density at radius 3 is 2.91 bits per heavy atom. The third-order valence-electron chi connectivity index (χ3n) is 4.20. The summed E-state index contributed by atoms with van der Waals surface area (Å²) in [7, 11) is 0. The van der Waals surface area contributed by atoms with Crippen LogP contribution in [0.4, 0.5) is 5.69 Å². The Hall–Kier alpha value is -2.18. The van der Waals surface area contributed by atoms with E-state index in [9.17, 15) is 4.79 Å². The van der Waals surface area contributed by atoms with Crippen LogP contribution in [0.1, 0.15) is 16.1 Å². The normalized spacial score (nSPS) is 15.7. The fourth-order valence-electron chi connectivity index (χ4n) is 2.90. The lowest BCUT2D eigenvalue weighted by atomic mass is 10.0. The minimum Gasteiger partial charge on any atom is -0.398 e. The number of ether oxygens (including phenoxy) is 1. The number of nitrogens with one attached hydrogen (secondary N) is 1. The smallest absolute Gasteiger partial charge is 0.270 e. The van der Waals surface area contributed by atoms with Crippen LogP contribution in [-0.4, -0.2) is 55.2 Å². The van der Waals surface area contributed by atoms with Crippen LogP contribution >= 0.6 is 0 Å². The van der Waals surface area contributed by atoms with E-state index in [1.807, 2.05) is 25.1 Å². The maximum Gasteiger partial charge on any atom is 0.270 e.